The monoisotopic (exact) mass is 239 g/mol. The standard InChI is InChI=1S/C14H13N3O/c1-10-7-14(17-16-11(10)2)18-9-13-5-3-12(8-15)4-6-13/h3-7H,9H2,1-2H3. The molecule has 2 rings (SSSR count). The Morgan fingerprint density at radius 3 is 2.50 bits per heavy atom. The highest BCUT2D eigenvalue weighted by atomic mass is 16.5. The summed E-state index contributed by atoms with van der Waals surface area (Å²) in [5.74, 6) is 0.516. The van der Waals surface area contributed by atoms with Crippen LogP contribution in [0.4, 0.5) is 0 Å². The average Bonchev–Trinajstić information content (AvgIpc) is 2.41. The van der Waals surface area contributed by atoms with Gasteiger partial charge in [-0.15, -0.1) is 5.10 Å². The Hall–Kier alpha value is -2.41. The van der Waals surface area contributed by atoms with Gasteiger partial charge in [0.1, 0.15) is 6.61 Å². The molecule has 0 spiro atoms. The van der Waals surface area contributed by atoms with Crippen LogP contribution in [0.25, 0.3) is 0 Å². The summed E-state index contributed by atoms with van der Waals surface area (Å²) in [6, 6.07) is 11.2. The van der Waals surface area contributed by atoms with Crippen LogP contribution in [-0.2, 0) is 6.61 Å². The third kappa shape index (κ3) is 2.83. The number of ether oxygens (including phenoxy) is 1. The van der Waals surface area contributed by atoms with Gasteiger partial charge in [-0.3, -0.25) is 0 Å². The lowest BCUT2D eigenvalue weighted by atomic mass is 10.2. The number of aryl methyl sites for hydroxylation is 2. The maximum atomic E-state index is 8.69. The van der Waals surface area contributed by atoms with Crippen LogP contribution in [0.15, 0.2) is 30.3 Å². The molecule has 0 N–H and O–H groups in total. The first-order chi connectivity index (χ1) is 8.69. The molecule has 0 fully saturated rings. The Balaban J connectivity index is 2.02. The summed E-state index contributed by atoms with van der Waals surface area (Å²) in [5, 5.41) is 16.7. The molecule has 1 aromatic carbocycles. The molecule has 0 saturated carbocycles. The summed E-state index contributed by atoms with van der Waals surface area (Å²) >= 11 is 0. The Labute approximate surface area is 106 Å². The van der Waals surface area contributed by atoms with Crippen molar-refractivity contribution in [2.75, 3.05) is 0 Å². The molecule has 0 unspecified atom stereocenters. The van der Waals surface area contributed by atoms with Crippen molar-refractivity contribution in [2.24, 2.45) is 0 Å². The van der Waals surface area contributed by atoms with Crippen molar-refractivity contribution in [2.45, 2.75) is 20.5 Å². The van der Waals surface area contributed by atoms with Crippen LogP contribution < -0.4 is 4.74 Å². The molecule has 0 radical (unpaired) electrons. The Morgan fingerprint density at radius 1 is 1.17 bits per heavy atom. The van der Waals surface area contributed by atoms with E-state index < -0.39 is 0 Å². The summed E-state index contributed by atoms with van der Waals surface area (Å²) in [6.07, 6.45) is 0. The maximum Gasteiger partial charge on any atom is 0.233 e. The number of nitriles is 1. The lowest BCUT2D eigenvalue weighted by molar-refractivity contribution is 0.289. The smallest absolute Gasteiger partial charge is 0.233 e. The van der Waals surface area contributed by atoms with Crippen LogP contribution in [0.3, 0.4) is 0 Å². The lowest BCUT2D eigenvalue weighted by Crippen LogP contribution is -2.00. The van der Waals surface area contributed by atoms with Gasteiger partial charge in [0, 0.05) is 6.07 Å². The first-order valence-electron chi connectivity index (χ1n) is 5.62. The molecular weight excluding hydrogens is 226 g/mol. The van der Waals surface area contributed by atoms with E-state index in [9.17, 15) is 0 Å². The fourth-order valence-corrected chi connectivity index (χ4v) is 1.42. The van der Waals surface area contributed by atoms with Crippen molar-refractivity contribution in [3.05, 3.63) is 52.7 Å². The average molecular weight is 239 g/mol. The molecule has 0 atom stereocenters. The second-order valence-corrected chi connectivity index (χ2v) is 4.05. The van der Waals surface area contributed by atoms with Gasteiger partial charge in [-0.25, -0.2) is 0 Å². The first-order valence-corrected chi connectivity index (χ1v) is 5.62. The second-order valence-electron chi connectivity index (χ2n) is 4.05. The van der Waals surface area contributed by atoms with Crippen molar-refractivity contribution in [1.29, 1.82) is 5.26 Å². The van der Waals surface area contributed by atoms with E-state index >= 15 is 0 Å². The zero-order valence-electron chi connectivity index (χ0n) is 10.3. The zero-order valence-corrected chi connectivity index (χ0v) is 10.3. The zero-order chi connectivity index (χ0) is 13.0. The van der Waals surface area contributed by atoms with Gasteiger partial charge >= 0.3 is 0 Å². The van der Waals surface area contributed by atoms with Crippen molar-refractivity contribution < 1.29 is 4.74 Å². The molecule has 4 heteroatoms. The minimum absolute atomic E-state index is 0.420. The van der Waals surface area contributed by atoms with E-state index in [2.05, 4.69) is 16.3 Å². The van der Waals surface area contributed by atoms with Gasteiger partial charge in [-0.1, -0.05) is 12.1 Å². The molecule has 0 aliphatic heterocycles. The molecule has 1 aromatic heterocycles. The molecule has 0 aliphatic carbocycles. The summed E-state index contributed by atoms with van der Waals surface area (Å²) in [7, 11) is 0. The van der Waals surface area contributed by atoms with Crippen LogP contribution >= 0.6 is 0 Å². The van der Waals surface area contributed by atoms with Gasteiger partial charge in [0.05, 0.1) is 17.3 Å². The number of hydrogen-bond donors (Lipinski definition) is 0. The third-order valence-corrected chi connectivity index (χ3v) is 2.68. The number of hydrogen-bond acceptors (Lipinski definition) is 4. The van der Waals surface area contributed by atoms with Gasteiger partial charge in [0.2, 0.25) is 5.88 Å². The third-order valence-electron chi connectivity index (χ3n) is 2.68. The molecule has 18 heavy (non-hydrogen) atoms. The number of benzene rings is 1. The molecule has 2 aromatic rings. The fraction of sp³-hybridized carbons (Fsp3) is 0.214. The van der Waals surface area contributed by atoms with E-state index in [0.717, 1.165) is 16.8 Å². The fourth-order valence-electron chi connectivity index (χ4n) is 1.42. The summed E-state index contributed by atoms with van der Waals surface area (Å²) in [6.45, 7) is 4.30. The highest BCUT2D eigenvalue weighted by molar-refractivity contribution is 5.31. The van der Waals surface area contributed by atoms with E-state index in [1.165, 1.54) is 0 Å². The van der Waals surface area contributed by atoms with E-state index in [4.69, 9.17) is 10.00 Å². The Morgan fingerprint density at radius 2 is 1.89 bits per heavy atom. The predicted molar refractivity (Wildman–Crippen MR) is 67.0 cm³/mol. The minimum atomic E-state index is 0.420. The van der Waals surface area contributed by atoms with Crippen molar-refractivity contribution in [1.82, 2.24) is 10.2 Å². The largest absolute Gasteiger partial charge is 0.472 e. The number of aromatic nitrogens is 2. The van der Waals surface area contributed by atoms with Crippen LogP contribution in [-0.4, -0.2) is 10.2 Å². The molecule has 0 saturated heterocycles. The minimum Gasteiger partial charge on any atom is -0.472 e. The molecule has 4 nitrogen and oxygen atoms in total. The summed E-state index contributed by atoms with van der Waals surface area (Å²) in [5.41, 5.74) is 3.60. The number of rotatable bonds is 3. The molecule has 90 valence electrons. The second kappa shape index (κ2) is 5.28. The van der Waals surface area contributed by atoms with Crippen molar-refractivity contribution >= 4 is 0 Å². The summed E-state index contributed by atoms with van der Waals surface area (Å²) in [4.78, 5) is 0. The van der Waals surface area contributed by atoms with Crippen LogP contribution in [0.1, 0.15) is 22.4 Å². The molecule has 0 aliphatic rings. The Bertz CT molecular complexity index is 585. The Kier molecular flexibility index (Phi) is 3.54. The van der Waals surface area contributed by atoms with E-state index in [0.29, 0.717) is 18.1 Å². The topological polar surface area (TPSA) is 58.8 Å². The highest BCUT2D eigenvalue weighted by Crippen LogP contribution is 2.12. The van der Waals surface area contributed by atoms with Crippen molar-refractivity contribution in [3.63, 3.8) is 0 Å². The SMILES string of the molecule is Cc1cc(OCc2ccc(C#N)cc2)nnc1C. The first kappa shape index (κ1) is 12.1. The van der Waals surface area contributed by atoms with E-state index in [1.807, 2.05) is 32.0 Å². The molecule has 0 amide bonds. The van der Waals surface area contributed by atoms with Crippen molar-refractivity contribution in [3.8, 4) is 11.9 Å². The predicted octanol–water partition coefficient (Wildman–Crippen LogP) is 2.54. The summed E-state index contributed by atoms with van der Waals surface area (Å²) < 4.78 is 5.54. The van der Waals surface area contributed by atoms with Gasteiger partial charge < -0.3 is 4.74 Å². The molecular formula is C14H13N3O. The van der Waals surface area contributed by atoms with E-state index in [-0.39, 0.29) is 0 Å². The maximum absolute atomic E-state index is 8.69. The molecule has 0 bridgehead atoms. The van der Waals surface area contributed by atoms with Gasteiger partial charge in [-0.05, 0) is 37.1 Å². The molecule has 1 heterocycles. The van der Waals surface area contributed by atoms with Gasteiger partial charge in [0.25, 0.3) is 0 Å². The van der Waals surface area contributed by atoms with E-state index in [1.54, 1.807) is 12.1 Å². The van der Waals surface area contributed by atoms with Gasteiger partial charge in [-0.2, -0.15) is 10.4 Å². The van der Waals surface area contributed by atoms with Gasteiger partial charge in [0.15, 0.2) is 0 Å². The van der Waals surface area contributed by atoms with Crippen LogP contribution in [0.5, 0.6) is 5.88 Å². The van der Waals surface area contributed by atoms with Crippen LogP contribution in [0, 0.1) is 25.2 Å². The van der Waals surface area contributed by atoms with Crippen LogP contribution in [0.2, 0.25) is 0 Å². The quantitative estimate of drug-likeness (QED) is 0.825. The normalized spacial score (nSPS) is 9.83. The highest BCUT2D eigenvalue weighted by Gasteiger charge is 2.01. The number of nitrogens with zero attached hydrogens (tertiary/aromatic N) is 3. The lowest BCUT2D eigenvalue weighted by Gasteiger charge is -2.06.